The lowest BCUT2D eigenvalue weighted by molar-refractivity contribution is 0.0704. The van der Waals surface area contributed by atoms with Gasteiger partial charge >= 0.3 is 0 Å². The molecule has 2 aliphatic heterocycles. The van der Waals surface area contributed by atoms with Crippen molar-refractivity contribution < 1.29 is 18.5 Å². The van der Waals surface area contributed by atoms with Crippen LogP contribution in [0.25, 0.3) is 0 Å². The van der Waals surface area contributed by atoms with Crippen LogP contribution in [0, 0.1) is 19.8 Å². The highest BCUT2D eigenvalue weighted by atomic mass is 16.5. The molecule has 7 heteroatoms. The molecule has 1 amide bonds. The summed E-state index contributed by atoms with van der Waals surface area (Å²) in [6, 6.07) is 3.51. The molecule has 2 saturated heterocycles. The second-order valence-corrected chi connectivity index (χ2v) is 6.11. The first-order chi connectivity index (χ1) is 10.6. The minimum absolute atomic E-state index is 0.0990. The largest absolute Gasteiger partial charge is 0.456 e. The summed E-state index contributed by atoms with van der Waals surface area (Å²) >= 11 is 0. The van der Waals surface area contributed by atoms with Gasteiger partial charge in [-0.05, 0) is 26.0 Å². The van der Waals surface area contributed by atoms with E-state index in [1.165, 1.54) is 0 Å². The third-order valence-corrected chi connectivity index (χ3v) is 4.57. The highest BCUT2D eigenvalue weighted by molar-refractivity contribution is 5.92. The highest BCUT2D eigenvalue weighted by Crippen LogP contribution is 2.43. The Balaban J connectivity index is 1.63. The fourth-order valence-electron chi connectivity index (χ4n) is 3.40. The minimum atomic E-state index is -0.390. The number of aryl methyl sites for hydroxylation is 2. The maximum absolute atomic E-state index is 12.6. The first-order valence-corrected chi connectivity index (χ1v) is 7.33. The van der Waals surface area contributed by atoms with Gasteiger partial charge in [-0.1, -0.05) is 5.16 Å². The lowest BCUT2D eigenvalue weighted by Crippen LogP contribution is -2.37. The van der Waals surface area contributed by atoms with Gasteiger partial charge in [-0.15, -0.1) is 0 Å². The van der Waals surface area contributed by atoms with Crippen LogP contribution in [-0.2, 0) is 10.2 Å². The second-order valence-electron chi connectivity index (χ2n) is 6.11. The molecular formula is C15H17N3O4. The molecule has 0 N–H and O–H groups in total. The number of ether oxygens (including phenoxy) is 1. The van der Waals surface area contributed by atoms with Gasteiger partial charge in [0, 0.05) is 19.0 Å². The number of nitrogens with zero attached hydrogens (tertiary/aromatic N) is 3. The van der Waals surface area contributed by atoms with Gasteiger partial charge < -0.3 is 18.6 Å². The molecule has 0 unspecified atom stereocenters. The van der Waals surface area contributed by atoms with E-state index in [4.69, 9.17) is 13.7 Å². The SMILES string of the molecule is Cc1noc([C@]23COC[C@H]2CN(C(=O)c2ccc(C)o2)C3)n1. The van der Waals surface area contributed by atoms with Gasteiger partial charge in [-0.25, -0.2) is 0 Å². The maximum atomic E-state index is 12.6. The molecule has 4 rings (SSSR count). The number of rotatable bonds is 2. The van der Waals surface area contributed by atoms with Crippen LogP contribution in [0.2, 0.25) is 0 Å². The zero-order valence-electron chi connectivity index (χ0n) is 12.5. The molecule has 0 saturated carbocycles. The number of hydrogen-bond donors (Lipinski definition) is 0. The summed E-state index contributed by atoms with van der Waals surface area (Å²) in [4.78, 5) is 18.8. The molecule has 2 aliphatic rings. The first-order valence-electron chi connectivity index (χ1n) is 7.33. The van der Waals surface area contributed by atoms with E-state index >= 15 is 0 Å². The molecular weight excluding hydrogens is 286 g/mol. The predicted octanol–water partition coefficient (Wildman–Crippen LogP) is 1.32. The smallest absolute Gasteiger partial charge is 0.289 e. The quantitative estimate of drug-likeness (QED) is 0.832. The molecule has 0 radical (unpaired) electrons. The molecule has 2 aromatic heterocycles. The number of amides is 1. The molecule has 4 heterocycles. The normalized spacial score (nSPS) is 27.4. The van der Waals surface area contributed by atoms with Gasteiger partial charge in [0.1, 0.15) is 5.76 Å². The topological polar surface area (TPSA) is 81.6 Å². The van der Waals surface area contributed by atoms with E-state index in [0.717, 1.165) is 5.76 Å². The maximum Gasteiger partial charge on any atom is 0.289 e. The van der Waals surface area contributed by atoms with Crippen molar-refractivity contribution in [2.45, 2.75) is 19.3 Å². The molecule has 2 fully saturated rings. The summed E-state index contributed by atoms with van der Waals surface area (Å²) in [5.74, 6) is 2.34. The van der Waals surface area contributed by atoms with E-state index in [1.807, 2.05) is 6.92 Å². The molecule has 7 nitrogen and oxygen atoms in total. The Hall–Kier alpha value is -2.15. The van der Waals surface area contributed by atoms with Crippen molar-refractivity contribution >= 4 is 5.91 Å². The highest BCUT2D eigenvalue weighted by Gasteiger charge is 2.56. The molecule has 2 atom stereocenters. The average molecular weight is 303 g/mol. The summed E-state index contributed by atoms with van der Waals surface area (Å²) in [6.07, 6.45) is 0. The molecule has 116 valence electrons. The van der Waals surface area contributed by atoms with Crippen LogP contribution in [0.3, 0.4) is 0 Å². The van der Waals surface area contributed by atoms with Crippen LogP contribution in [0.15, 0.2) is 21.1 Å². The fourth-order valence-corrected chi connectivity index (χ4v) is 3.40. The van der Waals surface area contributed by atoms with E-state index in [0.29, 0.717) is 43.8 Å². The molecule has 2 aromatic rings. The summed E-state index contributed by atoms with van der Waals surface area (Å²) in [6.45, 7) is 5.84. The third-order valence-electron chi connectivity index (χ3n) is 4.57. The van der Waals surface area contributed by atoms with Crippen molar-refractivity contribution in [2.75, 3.05) is 26.3 Å². The van der Waals surface area contributed by atoms with E-state index in [1.54, 1.807) is 24.0 Å². The molecule has 0 aliphatic carbocycles. The fraction of sp³-hybridized carbons (Fsp3) is 0.533. The molecule has 0 spiro atoms. The Bertz CT molecular complexity index is 722. The minimum Gasteiger partial charge on any atom is -0.456 e. The number of likely N-dealkylation sites (tertiary alicyclic amines) is 1. The summed E-state index contributed by atoms with van der Waals surface area (Å²) in [5.41, 5.74) is -0.390. The lowest BCUT2D eigenvalue weighted by Gasteiger charge is -2.22. The molecule has 0 aromatic carbocycles. The van der Waals surface area contributed by atoms with Gasteiger partial charge in [-0.2, -0.15) is 4.98 Å². The predicted molar refractivity (Wildman–Crippen MR) is 74.4 cm³/mol. The van der Waals surface area contributed by atoms with Crippen LogP contribution in [0.1, 0.15) is 28.0 Å². The van der Waals surface area contributed by atoms with E-state index in [9.17, 15) is 4.79 Å². The van der Waals surface area contributed by atoms with Crippen LogP contribution in [0.5, 0.6) is 0 Å². The summed E-state index contributed by atoms with van der Waals surface area (Å²) < 4.78 is 16.5. The number of hydrogen-bond acceptors (Lipinski definition) is 6. The van der Waals surface area contributed by atoms with Crippen LogP contribution < -0.4 is 0 Å². The summed E-state index contributed by atoms with van der Waals surface area (Å²) in [7, 11) is 0. The number of furan rings is 1. The van der Waals surface area contributed by atoms with Crippen molar-refractivity contribution in [2.24, 2.45) is 5.92 Å². The monoisotopic (exact) mass is 303 g/mol. The van der Waals surface area contributed by atoms with Crippen LogP contribution >= 0.6 is 0 Å². The zero-order chi connectivity index (χ0) is 15.3. The standard InChI is InChI=1S/C15H17N3O4/c1-9-3-4-12(21-9)13(19)18-5-11-6-20-8-15(11,7-18)14-16-10(2)17-22-14/h3-4,11H,5-8H2,1-2H3/t11-,15-/m1/s1. The Morgan fingerprint density at radius 1 is 1.41 bits per heavy atom. The van der Waals surface area contributed by atoms with Gasteiger partial charge in [-0.3, -0.25) is 4.79 Å². The Kier molecular flexibility index (Phi) is 2.87. The Morgan fingerprint density at radius 3 is 2.95 bits per heavy atom. The number of carbonyl (C=O) groups excluding carboxylic acids is 1. The van der Waals surface area contributed by atoms with E-state index in [2.05, 4.69) is 10.1 Å². The van der Waals surface area contributed by atoms with Crippen molar-refractivity contribution in [1.29, 1.82) is 0 Å². The Morgan fingerprint density at radius 2 is 2.27 bits per heavy atom. The van der Waals surface area contributed by atoms with Crippen molar-refractivity contribution in [1.82, 2.24) is 15.0 Å². The van der Waals surface area contributed by atoms with Gasteiger partial charge in [0.05, 0.1) is 18.6 Å². The lowest BCUT2D eigenvalue weighted by atomic mass is 9.81. The van der Waals surface area contributed by atoms with Gasteiger partial charge in [0.2, 0.25) is 5.89 Å². The van der Waals surface area contributed by atoms with Crippen molar-refractivity contribution in [3.8, 4) is 0 Å². The Labute approximate surface area is 127 Å². The van der Waals surface area contributed by atoms with Crippen LogP contribution in [0.4, 0.5) is 0 Å². The van der Waals surface area contributed by atoms with E-state index in [-0.39, 0.29) is 11.8 Å². The van der Waals surface area contributed by atoms with E-state index < -0.39 is 5.41 Å². The average Bonchev–Trinajstić information content (AvgIpc) is 3.19. The van der Waals surface area contributed by atoms with Crippen molar-refractivity contribution in [3.05, 3.63) is 35.4 Å². The molecule has 0 bridgehead atoms. The number of carbonyl (C=O) groups is 1. The zero-order valence-corrected chi connectivity index (χ0v) is 12.5. The van der Waals surface area contributed by atoms with Crippen molar-refractivity contribution in [3.63, 3.8) is 0 Å². The first kappa shape index (κ1) is 13.5. The van der Waals surface area contributed by atoms with Gasteiger partial charge in [0.15, 0.2) is 11.6 Å². The second kappa shape index (κ2) is 4.67. The number of fused-ring (bicyclic) bond motifs is 1. The third kappa shape index (κ3) is 1.89. The van der Waals surface area contributed by atoms with Gasteiger partial charge in [0.25, 0.3) is 5.91 Å². The molecule has 22 heavy (non-hydrogen) atoms. The number of aromatic nitrogens is 2. The summed E-state index contributed by atoms with van der Waals surface area (Å²) in [5, 5.41) is 3.88. The van der Waals surface area contributed by atoms with Crippen LogP contribution in [-0.4, -0.2) is 47.3 Å².